The van der Waals surface area contributed by atoms with E-state index in [1.54, 1.807) is 6.08 Å². The number of carbonyl (C=O) groups is 1. The number of ketones is 1. The van der Waals surface area contributed by atoms with Crippen molar-refractivity contribution in [3.05, 3.63) is 42.0 Å². The zero-order chi connectivity index (χ0) is 11.4. The monoisotopic (exact) mass is 234 g/mol. The van der Waals surface area contributed by atoms with Crippen LogP contribution in [0.1, 0.15) is 19.3 Å². The Morgan fingerprint density at radius 1 is 1.12 bits per heavy atom. The second-order valence-electron chi connectivity index (χ2n) is 3.93. The van der Waals surface area contributed by atoms with Crippen LogP contribution in [0.15, 0.2) is 46.9 Å². The van der Waals surface area contributed by atoms with Gasteiger partial charge in [-0.3, -0.25) is 9.00 Å². The van der Waals surface area contributed by atoms with E-state index < -0.39 is 10.8 Å². The fraction of sp³-hybridized carbons (Fsp3) is 0.308. The lowest BCUT2D eigenvalue weighted by atomic mass is 10.0. The van der Waals surface area contributed by atoms with Crippen LogP contribution in [0.2, 0.25) is 0 Å². The maximum absolute atomic E-state index is 12.0. The van der Waals surface area contributed by atoms with Gasteiger partial charge in [0.25, 0.3) is 0 Å². The third kappa shape index (κ3) is 2.89. The number of rotatable bonds is 3. The van der Waals surface area contributed by atoms with E-state index in [4.69, 9.17) is 0 Å². The summed E-state index contributed by atoms with van der Waals surface area (Å²) in [7, 11) is -1.02. The maximum atomic E-state index is 12.0. The molecule has 0 unspecified atom stereocenters. The summed E-state index contributed by atoms with van der Waals surface area (Å²) in [5.74, 6) is 0.668. The number of hydrogen-bond acceptors (Lipinski definition) is 2. The normalized spacial score (nSPS) is 18.0. The first-order valence-corrected chi connectivity index (χ1v) is 6.73. The lowest BCUT2D eigenvalue weighted by Crippen LogP contribution is -2.08. The van der Waals surface area contributed by atoms with Crippen molar-refractivity contribution >= 4 is 16.6 Å². The molecule has 0 saturated carbocycles. The molecule has 1 atom stereocenters. The summed E-state index contributed by atoms with van der Waals surface area (Å²) in [6.45, 7) is 0. The predicted octanol–water partition coefficient (Wildman–Crippen LogP) is 2.47. The van der Waals surface area contributed by atoms with Gasteiger partial charge < -0.3 is 0 Å². The molecule has 3 heteroatoms. The van der Waals surface area contributed by atoms with Gasteiger partial charge in [0.1, 0.15) is 0 Å². The Bertz CT molecular complexity index is 435. The van der Waals surface area contributed by atoms with Crippen molar-refractivity contribution in [1.29, 1.82) is 0 Å². The van der Waals surface area contributed by atoms with Gasteiger partial charge in [0.05, 0.1) is 10.8 Å². The van der Waals surface area contributed by atoms with Crippen molar-refractivity contribution < 1.29 is 9.00 Å². The van der Waals surface area contributed by atoms with Crippen LogP contribution in [-0.2, 0) is 15.6 Å². The van der Waals surface area contributed by atoms with E-state index in [0.29, 0.717) is 12.2 Å². The Hall–Kier alpha value is -1.22. The average molecular weight is 234 g/mol. The van der Waals surface area contributed by atoms with Gasteiger partial charge in [-0.15, -0.1) is 0 Å². The molecule has 0 saturated heterocycles. The summed E-state index contributed by atoms with van der Waals surface area (Å²) in [5, 5.41) is 0. The third-order valence-electron chi connectivity index (χ3n) is 2.61. The van der Waals surface area contributed by atoms with Gasteiger partial charge >= 0.3 is 0 Å². The molecular weight excluding hydrogens is 220 g/mol. The van der Waals surface area contributed by atoms with Crippen molar-refractivity contribution in [1.82, 2.24) is 0 Å². The van der Waals surface area contributed by atoms with E-state index in [0.717, 1.165) is 23.3 Å². The first kappa shape index (κ1) is 11.3. The van der Waals surface area contributed by atoms with Crippen molar-refractivity contribution in [2.45, 2.75) is 24.2 Å². The molecule has 0 spiro atoms. The molecule has 0 amide bonds. The summed E-state index contributed by atoms with van der Waals surface area (Å²) >= 11 is 0. The number of hydrogen-bond donors (Lipinski definition) is 0. The Balaban J connectivity index is 2.05. The van der Waals surface area contributed by atoms with Crippen LogP contribution >= 0.6 is 0 Å². The molecule has 0 fully saturated rings. The van der Waals surface area contributed by atoms with Gasteiger partial charge in [-0.25, -0.2) is 0 Å². The lowest BCUT2D eigenvalue weighted by molar-refractivity contribution is -0.115. The van der Waals surface area contributed by atoms with Crippen LogP contribution in [0, 0.1) is 0 Å². The highest BCUT2D eigenvalue weighted by Crippen LogP contribution is 2.18. The predicted molar refractivity (Wildman–Crippen MR) is 64.7 cm³/mol. The largest absolute Gasteiger partial charge is 0.295 e. The standard InChI is InChI=1S/C13H14O2S/c14-12-6-4-5-11(9-12)10-16(15)13-7-2-1-3-8-13/h1-3,7-9H,4-6,10H2/t16-/m0/s1. The van der Waals surface area contributed by atoms with Crippen molar-refractivity contribution in [2.24, 2.45) is 0 Å². The molecule has 1 aliphatic rings. The van der Waals surface area contributed by atoms with Crippen LogP contribution in [0.3, 0.4) is 0 Å². The number of allylic oxidation sites excluding steroid dienone is 1. The fourth-order valence-corrected chi connectivity index (χ4v) is 2.99. The van der Waals surface area contributed by atoms with Gasteiger partial charge in [-0.2, -0.15) is 0 Å². The van der Waals surface area contributed by atoms with Crippen molar-refractivity contribution in [3.63, 3.8) is 0 Å². The summed E-state index contributed by atoms with van der Waals surface area (Å²) < 4.78 is 12.0. The van der Waals surface area contributed by atoms with E-state index in [1.807, 2.05) is 30.3 Å². The van der Waals surface area contributed by atoms with Gasteiger partial charge in [-0.1, -0.05) is 23.8 Å². The molecule has 0 radical (unpaired) electrons. The number of carbonyl (C=O) groups excluding carboxylic acids is 1. The Kier molecular flexibility index (Phi) is 3.67. The quantitative estimate of drug-likeness (QED) is 0.805. The first-order valence-electron chi connectivity index (χ1n) is 5.41. The second kappa shape index (κ2) is 5.21. The molecule has 0 heterocycles. The topological polar surface area (TPSA) is 34.1 Å². The highest BCUT2D eigenvalue weighted by molar-refractivity contribution is 7.85. The van der Waals surface area contributed by atoms with Crippen molar-refractivity contribution in [2.75, 3.05) is 5.75 Å². The smallest absolute Gasteiger partial charge is 0.155 e. The molecule has 1 aromatic carbocycles. The highest BCUT2D eigenvalue weighted by Gasteiger charge is 2.13. The Morgan fingerprint density at radius 3 is 2.56 bits per heavy atom. The molecule has 0 N–H and O–H groups in total. The SMILES string of the molecule is O=C1C=C(C[S@](=O)c2ccccc2)CCC1. The minimum atomic E-state index is -1.02. The van der Waals surface area contributed by atoms with E-state index in [9.17, 15) is 9.00 Å². The molecule has 0 bridgehead atoms. The molecule has 16 heavy (non-hydrogen) atoms. The average Bonchev–Trinajstić information content (AvgIpc) is 2.30. The maximum Gasteiger partial charge on any atom is 0.155 e. The summed E-state index contributed by atoms with van der Waals surface area (Å²) in [5.41, 5.74) is 1.03. The molecule has 1 aliphatic carbocycles. The highest BCUT2D eigenvalue weighted by atomic mass is 32.2. The van der Waals surface area contributed by atoms with Gasteiger partial charge in [-0.05, 0) is 31.1 Å². The van der Waals surface area contributed by atoms with E-state index in [1.165, 1.54) is 0 Å². The number of benzene rings is 1. The lowest BCUT2D eigenvalue weighted by Gasteiger charge is -2.11. The van der Waals surface area contributed by atoms with Gasteiger partial charge in [0.2, 0.25) is 0 Å². The summed E-state index contributed by atoms with van der Waals surface area (Å²) in [4.78, 5) is 12.1. The van der Waals surface area contributed by atoms with Crippen LogP contribution in [0.5, 0.6) is 0 Å². The summed E-state index contributed by atoms with van der Waals surface area (Å²) in [6.07, 6.45) is 4.12. The Labute approximate surface area is 97.8 Å². The molecule has 2 nitrogen and oxygen atoms in total. The molecule has 84 valence electrons. The minimum absolute atomic E-state index is 0.173. The molecule has 0 aromatic heterocycles. The molecular formula is C13H14O2S. The van der Waals surface area contributed by atoms with E-state index in [2.05, 4.69) is 0 Å². The van der Waals surface area contributed by atoms with E-state index in [-0.39, 0.29) is 5.78 Å². The zero-order valence-corrected chi connectivity index (χ0v) is 9.83. The van der Waals surface area contributed by atoms with Crippen molar-refractivity contribution in [3.8, 4) is 0 Å². The second-order valence-corrected chi connectivity index (χ2v) is 5.38. The van der Waals surface area contributed by atoms with Crippen LogP contribution in [0.4, 0.5) is 0 Å². The van der Waals surface area contributed by atoms with Crippen LogP contribution in [0.25, 0.3) is 0 Å². The molecule has 1 aromatic rings. The van der Waals surface area contributed by atoms with Gasteiger partial charge in [0.15, 0.2) is 5.78 Å². The first-order chi connectivity index (χ1) is 7.75. The fourth-order valence-electron chi connectivity index (χ4n) is 1.80. The third-order valence-corrected chi connectivity index (χ3v) is 4.04. The molecule has 2 rings (SSSR count). The zero-order valence-electron chi connectivity index (χ0n) is 9.02. The van der Waals surface area contributed by atoms with Gasteiger partial charge in [0, 0.05) is 17.1 Å². The Morgan fingerprint density at radius 2 is 1.88 bits per heavy atom. The van der Waals surface area contributed by atoms with E-state index >= 15 is 0 Å². The van der Waals surface area contributed by atoms with Crippen LogP contribution in [-0.4, -0.2) is 15.7 Å². The molecule has 0 aliphatic heterocycles. The summed E-state index contributed by atoms with van der Waals surface area (Å²) in [6, 6.07) is 9.40. The minimum Gasteiger partial charge on any atom is -0.295 e. The van der Waals surface area contributed by atoms with Crippen LogP contribution < -0.4 is 0 Å².